The van der Waals surface area contributed by atoms with E-state index >= 15 is 4.39 Å². The van der Waals surface area contributed by atoms with Gasteiger partial charge in [-0.15, -0.1) is 0 Å². The normalized spacial score (nSPS) is 28.7. The van der Waals surface area contributed by atoms with E-state index in [2.05, 4.69) is 0 Å². The molecule has 3 atom stereocenters. The van der Waals surface area contributed by atoms with Gasteiger partial charge in [-0.1, -0.05) is 36.8 Å². The molecular weight excluding hydrogens is 542 g/mol. The van der Waals surface area contributed by atoms with Crippen molar-refractivity contribution in [1.29, 1.82) is 0 Å². The minimum atomic E-state index is -4.15. The highest BCUT2D eigenvalue weighted by Crippen LogP contribution is 2.53. The molecule has 5 rings (SSSR count). The molecule has 2 amide bonds. The van der Waals surface area contributed by atoms with Gasteiger partial charge in [0.15, 0.2) is 0 Å². The number of benzene rings is 1. The van der Waals surface area contributed by atoms with Crippen molar-refractivity contribution in [2.45, 2.75) is 68.9 Å². The Bertz CT molecular complexity index is 1190. The van der Waals surface area contributed by atoms with Crippen LogP contribution in [0.3, 0.4) is 0 Å². The van der Waals surface area contributed by atoms with Gasteiger partial charge in [0.25, 0.3) is 5.91 Å². The second-order valence-corrected chi connectivity index (χ2v) is 11.9. The van der Waals surface area contributed by atoms with Gasteiger partial charge >= 0.3 is 6.18 Å². The Morgan fingerprint density at radius 1 is 1.07 bits per heavy atom. The number of piperidine rings is 1. The van der Waals surface area contributed by atoms with E-state index in [-0.39, 0.29) is 50.3 Å². The lowest BCUT2D eigenvalue weighted by molar-refractivity contribution is -0.256. The van der Waals surface area contributed by atoms with Crippen LogP contribution in [0.2, 0.25) is 0 Å². The van der Waals surface area contributed by atoms with Crippen LogP contribution >= 0.6 is 0 Å². The number of hydrogen-bond acceptors (Lipinski definition) is 5. The molecule has 2 aliphatic heterocycles. The van der Waals surface area contributed by atoms with Crippen molar-refractivity contribution in [3.05, 3.63) is 48.1 Å². The maximum atomic E-state index is 16.4. The average molecular weight is 580 g/mol. The number of carbonyl (C=O) groups is 2. The summed E-state index contributed by atoms with van der Waals surface area (Å²) in [5.74, 6) is -0.982. The fraction of sp³-hybridized carbons (Fsp3) is 0.600. The predicted octanol–water partition coefficient (Wildman–Crippen LogP) is 4.01. The van der Waals surface area contributed by atoms with Crippen LogP contribution in [0, 0.1) is 11.3 Å². The number of rotatable bonds is 8. The number of nitrogens with zero attached hydrogens (tertiary/aromatic N) is 2. The monoisotopic (exact) mass is 579 g/mol. The Morgan fingerprint density at radius 3 is 2.34 bits per heavy atom. The van der Waals surface area contributed by atoms with E-state index in [1.807, 2.05) is 4.90 Å². The molecule has 2 saturated heterocycles. The van der Waals surface area contributed by atoms with Crippen LogP contribution in [-0.2, 0) is 9.59 Å². The number of hydrogen-bond donors (Lipinski definition) is 2. The van der Waals surface area contributed by atoms with Gasteiger partial charge in [-0.3, -0.25) is 9.59 Å². The van der Waals surface area contributed by atoms with Crippen molar-refractivity contribution in [3.8, 4) is 5.75 Å². The van der Waals surface area contributed by atoms with Gasteiger partial charge in [0.05, 0.1) is 18.1 Å². The van der Waals surface area contributed by atoms with E-state index in [1.165, 1.54) is 6.08 Å². The topological polar surface area (TPSA) is 96.1 Å². The molecule has 0 bridgehead atoms. The van der Waals surface area contributed by atoms with Gasteiger partial charge in [0, 0.05) is 25.1 Å². The Morgan fingerprint density at radius 2 is 1.76 bits per heavy atom. The number of ether oxygens (including phenoxy) is 1. The third-order valence-electron chi connectivity index (χ3n) is 9.28. The van der Waals surface area contributed by atoms with Crippen LogP contribution < -0.4 is 10.5 Å². The van der Waals surface area contributed by atoms with Gasteiger partial charge in [0.1, 0.15) is 11.8 Å². The average Bonchev–Trinajstić information content (AvgIpc) is 3.31. The number of amides is 2. The minimum absolute atomic E-state index is 0.0329. The summed E-state index contributed by atoms with van der Waals surface area (Å²) in [5.41, 5.74) is 2.06. The zero-order chi connectivity index (χ0) is 29.4. The van der Waals surface area contributed by atoms with E-state index in [1.54, 1.807) is 36.4 Å². The Balaban J connectivity index is 1.17. The molecule has 7 nitrogen and oxygen atoms in total. The molecule has 2 aliphatic carbocycles. The highest BCUT2D eigenvalue weighted by Gasteiger charge is 2.58. The molecule has 11 heteroatoms. The molecule has 1 saturated carbocycles. The molecular formula is C30H37F4N3O4. The molecule has 1 aromatic rings. The van der Waals surface area contributed by atoms with Crippen LogP contribution in [0.1, 0.15) is 50.5 Å². The molecule has 41 heavy (non-hydrogen) atoms. The summed E-state index contributed by atoms with van der Waals surface area (Å²) in [4.78, 5) is 28.2. The van der Waals surface area contributed by atoms with Crippen molar-refractivity contribution in [2.24, 2.45) is 17.1 Å². The first kappa shape index (κ1) is 29.6. The van der Waals surface area contributed by atoms with Crippen molar-refractivity contribution in [2.75, 3.05) is 32.8 Å². The maximum absolute atomic E-state index is 16.4. The van der Waals surface area contributed by atoms with Crippen LogP contribution in [-0.4, -0.2) is 83.5 Å². The number of primary amides is 1. The number of allylic oxidation sites excluding steroid dienone is 3. The van der Waals surface area contributed by atoms with Crippen molar-refractivity contribution in [1.82, 2.24) is 9.80 Å². The van der Waals surface area contributed by atoms with Crippen LogP contribution in [0.15, 0.2) is 42.5 Å². The molecule has 2 heterocycles. The first-order chi connectivity index (χ1) is 19.4. The minimum Gasteiger partial charge on any atom is -0.493 e. The standard InChI is InChI=1S/C30H37F4N3O4/c31-29(27(40)37-17-11-24(38)25(37)26(35)39)14-2-1-4-23(29)21-5-7-22(8-6-21)41-18-20-9-15-36(16-10-20)19-28(12-3-13-28)30(32,33)34/h1-2,4-8,20,24-25,38H,3,9-19H2,(H2,35,39)/t24-,25-,29?/m0/s1. The molecule has 0 spiro atoms. The Kier molecular flexibility index (Phi) is 8.22. The fourth-order valence-electron chi connectivity index (χ4n) is 6.56. The van der Waals surface area contributed by atoms with Gasteiger partial charge in [-0.25, -0.2) is 4.39 Å². The first-order valence-corrected chi connectivity index (χ1v) is 14.3. The van der Waals surface area contributed by atoms with Crippen LogP contribution in [0.5, 0.6) is 5.75 Å². The van der Waals surface area contributed by atoms with Gasteiger partial charge < -0.3 is 25.4 Å². The van der Waals surface area contributed by atoms with Crippen molar-refractivity contribution < 1.29 is 37.0 Å². The number of aliphatic hydroxyl groups excluding tert-OH is 1. The van der Waals surface area contributed by atoms with Gasteiger partial charge in [-0.2, -0.15) is 13.2 Å². The van der Waals surface area contributed by atoms with Crippen molar-refractivity contribution >= 4 is 17.4 Å². The SMILES string of the molecule is NC(=O)[C@@H]1[C@@H](O)CCN1C(=O)C1(F)CC=CC=C1c1ccc(OCC2CCN(CC3(C(F)(F)F)CCC3)CC2)cc1. The van der Waals surface area contributed by atoms with E-state index < -0.39 is 41.2 Å². The summed E-state index contributed by atoms with van der Waals surface area (Å²) in [7, 11) is 0. The second kappa shape index (κ2) is 11.4. The number of alkyl halides is 4. The number of aliphatic hydroxyl groups is 1. The lowest BCUT2D eigenvalue weighted by Crippen LogP contribution is -2.54. The summed E-state index contributed by atoms with van der Waals surface area (Å²) >= 11 is 0. The number of likely N-dealkylation sites (tertiary alicyclic amines) is 2. The van der Waals surface area contributed by atoms with Crippen LogP contribution in [0.4, 0.5) is 17.6 Å². The zero-order valence-corrected chi connectivity index (χ0v) is 22.9. The lowest BCUT2D eigenvalue weighted by atomic mass is 9.67. The maximum Gasteiger partial charge on any atom is 0.395 e. The third-order valence-corrected chi connectivity index (χ3v) is 9.28. The second-order valence-electron chi connectivity index (χ2n) is 11.9. The largest absolute Gasteiger partial charge is 0.493 e. The molecule has 224 valence electrons. The smallest absolute Gasteiger partial charge is 0.395 e. The molecule has 1 unspecified atom stereocenters. The van der Waals surface area contributed by atoms with Gasteiger partial charge in [-0.05, 0) is 68.8 Å². The number of carbonyl (C=O) groups excluding carboxylic acids is 2. The molecule has 0 radical (unpaired) electrons. The van der Waals surface area contributed by atoms with Crippen LogP contribution in [0.25, 0.3) is 5.57 Å². The summed E-state index contributed by atoms with van der Waals surface area (Å²) in [5, 5.41) is 10.1. The molecule has 4 aliphatic rings. The quantitative estimate of drug-likeness (QED) is 0.454. The predicted molar refractivity (Wildman–Crippen MR) is 144 cm³/mol. The Hall–Kier alpha value is -2.92. The van der Waals surface area contributed by atoms with Gasteiger partial charge in [0.2, 0.25) is 11.6 Å². The number of halogens is 4. The Labute approximate surface area is 237 Å². The van der Waals surface area contributed by atoms with E-state index in [0.29, 0.717) is 37.4 Å². The molecule has 1 aromatic carbocycles. The van der Waals surface area contributed by atoms with E-state index in [9.17, 15) is 27.9 Å². The molecule has 0 aromatic heterocycles. The van der Waals surface area contributed by atoms with E-state index in [4.69, 9.17) is 10.5 Å². The molecule has 3 N–H and O–H groups in total. The third kappa shape index (κ3) is 5.75. The summed E-state index contributed by atoms with van der Waals surface area (Å²) in [6.07, 6.45) is 1.99. The summed E-state index contributed by atoms with van der Waals surface area (Å²) in [6.45, 7) is 1.77. The summed E-state index contributed by atoms with van der Waals surface area (Å²) < 4.78 is 63.0. The highest BCUT2D eigenvalue weighted by molar-refractivity contribution is 6.02. The molecule has 3 fully saturated rings. The lowest BCUT2D eigenvalue weighted by Gasteiger charge is -2.47. The van der Waals surface area contributed by atoms with E-state index in [0.717, 1.165) is 17.7 Å². The number of nitrogens with two attached hydrogens (primary N) is 1. The summed E-state index contributed by atoms with van der Waals surface area (Å²) in [6, 6.07) is 5.47. The fourth-order valence-corrected chi connectivity index (χ4v) is 6.56. The zero-order valence-electron chi connectivity index (χ0n) is 22.9. The van der Waals surface area contributed by atoms with Crippen molar-refractivity contribution in [3.63, 3.8) is 0 Å². The highest BCUT2D eigenvalue weighted by atomic mass is 19.4. The first-order valence-electron chi connectivity index (χ1n) is 14.3.